The molecule has 0 bridgehead atoms. The Morgan fingerprint density at radius 1 is 1.38 bits per heavy atom. The van der Waals surface area contributed by atoms with E-state index in [9.17, 15) is 4.79 Å². The standard InChI is InChI=1S/C16H25N3O2/c1-16(2,3)19-13-7-4-6-12(11(13)10-17-19)18-15(20)14-8-5-9-21-14/h10,12,14H,4-9H2,1-3H3,(H,18,20). The number of hydrogen-bond donors (Lipinski definition) is 1. The molecule has 5 heteroatoms. The molecule has 5 nitrogen and oxygen atoms in total. The van der Waals surface area contributed by atoms with E-state index in [1.807, 2.05) is 6.20 Å². The van der Waals surface area contributed by atoms with Crippen molar-refractivity contribution in [3.8, 4) is 0 Å². The number of aromatic nitrogens is 2. The quantitative estimate of drug-likeness (QED) is 0.909. The Morgan fingerprint density at radius 2 is 2.19 bits per heavy atom. The number of nitrogens with one attached hydrogen (secondary N) is 1. The highest BCUT2D eigenvalue weighted by Crippen LogP contribution is 2.32. The predicted octanol–water partition coefficient (Wildman–Crippen LogP) is 2.31. The van der Waals surface area contributed by atoms with Crippen molar-refractivity contribution in [2.24, 2.45) is 0 Å². The second-order valence-corrected chi connectivity index (χ2v) is 7.08. The van der Waals surface area contributed by atoms with Crippen LogP contribution in [0.3, 0.4) is 0 Å². The predicted molar refractivity (Wildman–Crippen MR) is 80.0 cm³/mol. The van der Waals surface area contributed by atoms with Crippen LogP contribution in [0, 0.1) is 0 Å². The van der Waals surface area contributed by atoms with E-state index in [-0.39, 0.29) is 23.6 Å². The van der Waals surface area contributed by atoms with Crippen LogP contribution in [-0.2, 0) is 21.5 Å². The molecule has 2 heterocycles. The van der Waals surface area contributed by atoms with Gasteiger partial charge in [0.2, 0.25) is 5.91 Å². The molecule has 1 aromatic heterocycles. The molecule has 1 aliphatic heterocycles. The third-order valence-corrected chi connectivity index (χ3v) is 4.36. The van der Waals surface area contributed by atoms with E-state index in [2.05, 4.69) is 35.9 Å². The topological polar surface area (TPSA) is 56.2 Å². The average Bonchev–Trinajstić information content (AvgIpc) is 3.07. The van der Waals surface area contributed by atoms with Crippen LogP contribution in [0.2, 0.25) is 0 Å². The number of hydrogen-bond acceptors (Lipinski definition) is 3. The van der Waals surface area contributed by atoms with Crippen LogP contribution in [0.1, 0.15) is 63.8 Å². The van der Waals surface area contributed by atoms with Crippen molar-refractivity contribution in [3.63, 3.8) is 0 Å². The summed E-state index contributed by atoms with van der Waals surface area (Å²) in [5, 5.41) is 7.72. The Hall–Kier alpha value is -1.36. The van der Waals surface area contributed by atoms with Gasteiger partial charge in [-0.15, -0.1) is 0 Å². The Morgan fingerprint density at radius 3 is 2.86 bits per heavy atom. The molecule has 0 spiro atoms. The van der Waals surface area contributed by atoms with Gasteiger partial charge in [-0.3, -0.25) is 9.48 Å². The lowest BCUT2D eigenvalue weighted by Gasteiger charge is -2.28. The summed E-state index contributed by atoms with van der Waals surface area (Å²) in [4.78, 5) is 12.3. The summed E-state index contributed by atoms with van der Waals surface area (Å²) in [5.41, 5.74) is 2.43. The normalized spacial score (nSPS) is 25.7. The SMILES string of the molecule is CC(C)(C)n1ncc2c1CCCC2NC(=O)C1CCCO1. The fourth-order valence-electron chi connectivity index (χ4n) is 3.33. The van der Waals surface area contributed by atoms with Crippen LogP contribution >= 0.6 is 0 Å². The van der Waals surface area contributed by atoms with Gasteiger partial charge in [-0.05, 0) is 52.9 Å². The monoisotopic (exact) mass is 291 g/mol. The first-order valence-electron chi connectivity index (χ1n) is 7.96. The summed E-state index contributed by atoms with van der Waals surface area (Å²) < 4.78 is 7.57. The summed E-state index contributed by atoms with van der Waals surface area (Å²) in [6.45, 7) is 7.19. The van der Waals surface area contributed by atoms with Crippen LogP contribution in [0.15, 0.2) is 6.20 Å². The van der Waals surface area contributed by atoms with Gasteiger partial charge >= 0.3 is 0 Å². The first-order chi connectivity index (χ1) is 9.97. The first kappa shape index (κ1) is 14.6. The molecule has 1 amide bonds. The van der Waals surface area contributed by atoms with Crippen LogP contribution in [0.25, 0.3) is 0 Å². The van der Waals surface area contributed by atoms with Gasteiger partial charge in [-0.2, -0.15) is 5.10 Å². The van der Waals surface area contributed by atoms with Gasteiger partial charge in [-0.1, -0.05) is 0 Å². The molecule has 1 fully saturated rings. The van der Waals surface area contributed by atoms with Crippen LogP contribution in [-0.4, -0.2) is 28.4 Å². The Balaban J connectivity index is 1.78. The molecule has 2 unspecified atom stereocenters. The second-order valence-electron chi connectivity index (χ2n) is 7.08. The molecule has 2 atom stereocenters. The van der Waals surface area contributed by atoms with E-state index in [1.165, 1.54) is 11.3 Å². The molecular weight excluding hydrogens is 266 g/mol. The molecular formula is C16H25N3O2. The average molecular weight is 291 g/mol. The van der Waals surface area contributed by atoms with Gasteiger partial charge in [0, 0.05) is 17.9 Å². The minimum absolute atomic E-state index is 0.0198. The summed E-state index contributed by atoms with van der Waals surface area (Å²) in [6, 6.07) is 0.0848. The molecule has 2 aliphatic rings. The number of ether oxygens (including phenoxy) is 1. The Labute approximate surface area is 126 Å². The van der Waals surface area contributed by atoms with Gasteiger partial charge in [-0.25, -0.2) is 0 Å². The largest absolute Gasteiger partial charge is 0.368 e. The first-order valence-corrected chi connectivity index (χ1v) is 7.96. The highest BCUT2D eigenvalue weighted by Gasteiger charge is 2.31. The van der Waals surface area contributed by atoms with Crippen molar-refractivity contribution < 1.29 is 9.53 Å². The van der Waals surface area contributed by atoms with E-state index in [0.717, 1.165) is 32.1 Å². The fourth-order valence-corrected chi connectivity index (χ4v) is 3.33. The summed E-state index contributed by atoms with van der Waals surface area (Å²) in [7, 11) is 0. The molecule has 1 saturated heterocycles. The van der Waals surface area contributed by atoms with Crippen molar-refractivity contribution in [1.29, 1.82) is 0 Å². The third-order valence-electron chi connectivity index (χ3n) is 4.36. The van der Waals surface area contributed by atoms with Gasteiger partial charge in [0.25, 0.3) is 0 Å². The van der Waals surface area contributed by atoms with Crippen LogP contribution < -0.4 is 5.32 Å². The fraction of sp³-hybridized carbons (Fsp3) is 0.750. The molecule has 21 heavy (non-hydrogen) atoms. The second kappa shape index (κ2) is 5.44. The molecule has 0 aromatic carbocycles. The highest BCUT2D eigenvalue weighted by molar-refractivity contribution is 5.81. The van der Waals surface area contributed by atoms with Gasteiger partial charge in [0.15, 0.2) is 0 Å². The Kier molecular flexibility index (Phi) is 3.78. The minimum Gasteiger partial charge on any atom is -0.368 e. The number of rotatable bonds is 2. The summed E-state index contributed by atoms with van der Waals surface area (Å²) in [6.07, 6.45) is 6.61. The van der Waals surface area contributed by atoms with E-state index in [4.69, 9.17) is 4.74 Å². The zero-order chi connectivity index (χ0) is 15.0. The van der Waals surface area contributed by atoms with Crippen LogP contribution in [0.4, 0.5) is 0 Å². The number of carbonyl (C=O) groups is 1. The van der Waals surface area contributed by atoms with E-state index in [1.54, 1.807) is 0 Å². The summed E-state index contributed by atoms with van der Waals surface area (Å²) in [5.74, 6) is 0.0360. The van der Waals surface area contributed by atoms with Gasteiger partial charge in [0.1, 0.15) is 6.10 Å². The molecule has 1 N–H and O–H groups in total. The molecule has 3 rings (SSSR count). The number of amides is 1. The lowest BCUT2D eigenvalue weighted by Crippen LogP contribution is -2.38. The van der Waals surface area contributed by atoms with Gasteiger partial charge < -0.3 is 10.1 Å². The smallest absolute Gasteiger partial charge is 0.249 e. The van der Waals surface area contributed by atoms with Gasteiger partial charge in [0.05, 0.1) is 17.8 Å². The molecule has 1 aliphatic carbocycles. The molecule has 1 aromatic rings. The zero-order valence-electron chi connectivity index (χ0n) is 13.2. The van der Waals surface area contributed by atoms with Crippen molar-refractivity contribution in [1.82, 2.24) is 15.1 Å². The van der Waals surface area contributed by atoms with Crippen molar-refractivity contribution in [3.05, 3.63) is 17.5 Å². The molecule has 0 saturated carbocycles. The lowest BCUT2D eigenvalue weighted by molar-refractivity contribution is -0.130. The number of fused-ring (bicyclic) bond motifs is 1. The van der Waals surface area contributed by atoms with Crippen molar-refractivity contribution >= 4 is 5.91 Å². The summed E-state index contributed by atoms with van der Waals surface area (Å²) >= 11 is 0. The third kappa shape index (κ3) is 2.84. The maximum absolute atomic E-state index is 12.3. The maximum Gasteiger partial charge on any atom is 0.249 e. The molecule has 116 valence electrons. The number of carbonyl (C=O) groups excluding carboxylic acids is 1. The van der Waals surface area contributed by atoms with E-state index >= 15 is 0 Å². The van der Waals surface area contributed by atoms with Crippen molar-refractivity contribution in [2.45, 2.75) is 70.6 Å². The Bertz CT molecular complexity index is 524. The molecule has 0 radical (unpaired) electrons. The van der Waals surface area contributed by atoms with Crippen molar-refractivity contribution in [2.75, 3.05) is 6.61 Å². The van der Waals surface area contributed by atoms with E-state index in [0.29, 0.717) is 6.61 Å². The highest BCUT2D eigenvalue weighted by atomic mass is 16.5. The number of nitrogens with zero attached hydrogens (tertiary/aromatic N) is 2. The maximum atomic E-state index is 12.3. The van der Waals surface area contributed by atoms with Crippen LogP contribution in [0.5, 0.6) is 0 Å². The zero-order valence-corrected chi connectivity index (χ0v) is 13.2. The van der Waals surface area contributed by atoms with E-state index < -0.39 is 0 Å². The minimum atomic E-state index is -0.256. The lowest BCUT2D eigenvalue weighted by atomic mass is 9.92.